The van der Waals surface area contributed by atoms with Crippen LogP contribution in [0.3, 0.4) is 0 Å². The van der Waals surface area contributed by atoms with Gasteiger partial charge in [-0.15, -0.1) is 0 Å². The van der Waals surface area contributed by atoms with Crippen LogP contribution in [-0.2, 0) is 0 Å². The minimum absolute atomic E-state index is 0.0384. The minimum Gasteiger partial charge on any atom is -0.505 e. The summed E-state index contributed by atoms with van der Waals surface area (Å²) in [5, 5.41) is 9.56. The van der Waals surface area contributed by atoms with Crippen molar-refractivity contribution >= 4 is 23.2 Å². The van der Waals surface area contributed by atoms with Crippen molar-refractivity contribution in [1.82, 2.24) is 4.98 Å². The van der Waals surface area contributed by atoms with Crippen molar-refractivity contribution < 1.29 is 5.11 Å². The van der Waals surface area contributed by atoms with Gasteiger partial charge in [-0.3, -0.25) is 0 Å². The first kappa shape index (κ1) is 7.63. The summed E-state index contributed by atoms with van der Waals surface area (Å²) in [4.78, 5) is 3.67. The number of pyridine rings is 1. The molecule has 1 rings (SSSR count). The standard InChI is InChI=1S/C6H5Cl2NO/c1-3-5(7)4(10)2-9-6(3)8/h2,10H,1H3. The first-order valence-corrected chi connectivity index (χ1v) is 3.38. The third-order valence-corrected chi connectivity index (χ3v) is 2.02. The molecule has 10 heavy (non-hydrogen) atoms. The summed E-state index contributed by atoms with van der Waals surface area (Å²) < 4.78 is 0. The summed E-state index contributed by atoms with van der Waals surface area (Å²) in [5.41, 5.74) is 0.600. The van der Waals surface area contributed by atoms with Crippen molar-refractivity contribution in [3.8, 4) is 5.75 Å². The maximum Gasteiger partial charge on any atom is 0.152 e. The van der Waals surface area contributed by atoms with Gasteiger partial charge in [-0.25, -0.2) is 4.98 Å². The number of rotatable bonds is 0. The highest BCUT2D eigenvalue weighted by Gasteiger charge is 2.05. The van der Waals surface area contributed by atoms with Crippen LogP contribution in [0.5, 0.6) is 5.75 Å². The third kappa shape index (κ3) is 1.18. The van der Waals surface area contributed by atoms with Crippen molar-refractivity contribution in [2.24, 2.45) is 0 Å². The average molecular weight is 178 g/mol. The maximum absolute atomic E-state index is 8.97. The van der Waals surface area contributed by atoms with Crippen LogP contribution < -0.4 is 0 Å². The predicted molar refractivity (Wildman–Crippen MR) is 40.7 cm³/mol. The lowest BCUT2D eigenvalue weighted by Gasteiger charge is -2.00. The molecule has 0 aromatic carbocycles. The van der Waals surface area contributed by atoms with E-state index in [1.54, 1.807) is 6.92 Å². The van der Waals surface area contributed by atoms with Gasteiger partial charge in [-0.05, 0) is 6.92 Å². The highest BCUT2D eigenvalue weighted by atomic mass is 35.5. The minimum atomic E-state index is -0.0384. The molecule has 0 fully saturated rings. The molecule has 0 unspecified atom stereocenters. The molecule has 0 amide bonds. The zero-order chi connectivity index (χ0) is 7.72. The molecule has 1 N–H and O–H groups in total. The van der Waals surface area contributed by atoms with Crippen molar-refractivity contribution in [2.45, 2.75) is 6.92 Å². The molecule has 0 spiro atoms. The molecule has 1 aromatic rings. The van der Waals surface area contributed by atoms with E-state index in [0.29, 0.717) is 10.7 Å². The molecule has 1 aromatic heterocycles. The summed E-state index contributed by atoms with van der Waals surface area (Å²) in [6.45, 7) is 1.69. The molecule has 2 nitrogen and oxygen atoms in total. The largest absolute Gasteiger partial charge is 0.505 e. The van der Waals surface area contributed by atoms with Crippen LogP contribution in [0.2, 0.25) is 10.2 Å². The number of halogens is 2. The summed E-state index contributed by atoms with van der Waals surface area (Å²) in [6.07, 6.45) is 1.22. The molecule has 0 saturated carbocycles. The normalized spacial score (nSPS) is 9.90. The molecule has 0 saturated heterocycles. The van der Waals surface area contributed by atoms with E-state index < -0.39 is 0 Å². The summed E-state index contributed by atoms with van der Waals surface area (Å²) in [6, 6.07) is 0. The van der Waals surface area contributed by atoms with Gasteiger partial charge in [0.2, 0.25) is 0 Å². The van der Waals surface area contributed by atoms with Gasteiger partial charge in [-0.2, -0.15) is 0 Å². The van der Waals surface area contributed by atoms with Gasteiger partial charge in [0.1, 0.15) is 5.15 Å². The molecule has 0 radical (unpaired) electrons. The van der Waals surface area contributed by atoms with E-state index in [4.69, 9.17) is 28.3 Å². The van der Waals surface area contributed by atoms with Crippen LogP contribution in [-0.4, -0.2) is 10.1 Å². The SMILES string of the molecule is Cc1c(Cl)ncc(O)c1Cl. The Balaban J connectivity index is 3.34. The lowest BCUT2D eigenvalue weighted by molar-refractivity contribution is 0.472. The molecular formula is C6H5Cl2NO. The molecule has 0 aliphatic heterocycles. The van der Waals surface area contributed by atoms with Crippen LogP contribution >= 0.6 is 23.2 Å². The van der Waals surface area contributed by atoms with Crippen LogP contribution in [0, 0.1) is 6.92 Å². The quantitative estimate of drug-likeness (QED) is 0.618. The van der Waals surface area contributed by atoms with Gasteiger partial charge in [0, 0.05) is 5.56 Å². The highest BCUT2D eigenvalue weighted by molar-refractivity contribution is 6.36. The first-order valence-electron chi connectivity index (χ1n) is 2.62. The molecule has 1 heterocycles. The number of nitrogens with zero attached hydrogens (tertiary/aromatic N) is 1. The van der Waals surface area contributed by atoms with Gasteiger partial charge in [0.05, 0.1) is 11.2 Å². The Morgan fingerprint density at radius 3 is 2.60 bits per heavy atom. The van der Waals surface area contributed by atoms with Crippen LogP contribution in [0.4, 0.5) is 0 Å². The van der Waals surface area contributed by atoms with E-state index in [1.807, 2.05) is 0 Å². The van der Waals surface area contributed by atoms with Gasteiger partial charge in [0.15, 0.2) is 5.75 Å². The topological polar surface area (TPSA) is 33.1 Å². The fourth-order valence-electron chi connectivity index (χ4n) is 0.554. The first-order chi connectivity index (χ1) is 4.63. The van der Waals surface area contributed by atoms with Crippen LogP contribution in [0.15, 0.2) is 6.20 Å². The number of aromatic nitrogens is 1. The van der Waals surface area contributed by atoms with Gasteiger partial charge in [0.25, 0.3) is 0 Å². The van der Waals surface area contributed by atoms with E-state index >= 15 is 0 Å². The Morgan fingerprint density at radius 1 is 1.50 bits per heavy atom. The van der Waals surface area contributed by atoms with Crippen molar-refractivity contribution in [3.63, 3.8) is 0 Å². The average Bonchev–Trinajstić information content (AvgIpc) is 1.93. The van der Waals surface area contributed by atoms with Crippen molar-refractivity contribution in [2.75, 3.05) is 0 Å². The van der Waals surface area contributed by atoms with Crippen molar-refractivity contribution in [1.29, 1.82) is 0 Å². The smallest absolute Gasteiger partial charge is 0.152 e. The van der Waals surface area contributed by atoms with E-state index in [9.17, 15) is 0 Å². The van der Waals surface area contributed by atoms with Crippen LogP contribution in [0.1, 0.15) is 5.56 Å². The van der Waals surface area contributed by atoms with E-state index in [0.717, 1.165) is 0 Å². The number of aromatic hydroxyl groups is 1. The molecular weight excluding hydrogens is 173 g/mol. The Labute approximate surface area is 68.4 Å². The third-order valence-electron chi connectivity index (χ3n) is 1.16. The molecule has 0 aliphatic rings. The summed E-state index contributed by atoms with van der Waals surface area (Å²) in [7, 11) is 0. The van der Waals surface area contributed by atoms with Gasteiger partial charge in [-0.1, -0.05) is 23.2 Å². The number of hydrogen-bond acceptors (Lipinski definition) is 2. The lowest BCUT2D eigenvalue weighted by atomic mass is 10.3. The summed E-state index contributed by atoms with van der Waals surface area (Å²) in [5.74, 6) is -0.0384. The monoisotopic (exact) mass is 177 g/mol. The fraction of sp³-hybridized carbons (Fsp3) is 0.167. The predicted octanol–water partition coefficient (Wildman–Crippen LogP) is 2.40. The van der Waals surface area contributed by atoms with E-state index in [-0.39, 0.29) is 10.8 Å². The molecule has 54 valence electrons. The lowest BCUT2D eigenvalue weighted by Crippen LogP contribution is -1.82. The van der Waals surface area contributed by atoms with E-state index in [1.165, 1.54) is 6.20 Å². The summed E-state index contributed by atoms with van der Waals surface area (Å²) >= 11 is 11.2. The Hall–Kier alpha value is -0.470. The molecule has 0 bridgehead atoms. The van der Waals surface area contributed by atoms with Crippen LogP contribution in [0.25, 0.3) is 0 Å². The second-order valence-corrected chi connectivity index (χ2v) is 2.61. The molecule has 0 aliphatic carbocycles. The van der Waals surface area contributed by atoms with Gasteiger partial charge < -0.3 is 5.11 Å². The Kier molecular flexibility index (Phi) is 2.02. The maximum atomic E-state index is 8.97. The Morgan fingerprint density at radius 2 is 2.10 bits per heavy atom. The zero-order valence-electron chi connectivity index (χ0n) is 5.23. The van der Waals surface area contributed by atoms with Crippen molar-refractivity contribution in [3.05, 3.63) is 21.9 Å². The van der Waals surface area contributed by atoms with Gasteiger partial charge >= 0.3 is 0 Å². The second kappa shape index (κ2) is 2.64. The zero-order valence-corrected chi connectivity index (χ0v) is 6.74. The fourth-order valence-corrected chi connectivity index (χ4v) is 0.884. The second-order valence-electron chi connectivity index (χ2n) is 1.87. The van der Waals surface area contributed by atoms with E-state index in [2.05, 4.69) is 4.98 Å². The molecule has 4 heteroatoms. The Bertz CT molecular complexity index is 235. The molecule has 0 atom stereocenters. The highest BCUT2D eigenvalue weighted by Crippen LogP contribution is 2.28. The number of hydrogen-bond donors (Lipinski definition) is 1.